The molecule has 2 N–H and O–H groups in total. The van der Waals surface area contributed by atoms with E-state index in [2.05, 4.69) is 34.0 Å². The molecule has 9 heteroatoms. The molecule has 1 aromatic heterocycles. The minimum Gasteiger partial charge on any atom is -0.493 e. The van der Waals surface area contributed by atoms with Gasteiger partial charge in [-0.1, -0.05) is 13.8 Å². The van der Waals surface area contributed by atoms with Crippen molar-refractivity contribution in [1.82, 2.24) is 14.5 Å². The summed E-state index contributed by atoms with van der Waals surface area (Å²) in [5, 5.41) is 13.0. The highest BCUT2D eigenvalue weighted by molar-refractivity contribution is 5.96. The van der Waals surface area contributed by atoms with Gasteiger partial charge in [-0.25, -0.2) is 4.98 Å². The van der Waals surface area contributed by atoms with Crippen molar-refractivity contribution in [3.63, 3.8) is 0 Å². The molecule has 1 saturated heterocycles. The summed E-state index contributed by atoms with van der Waals surface area (Å²) in [6.07, 6.45) is 7.85. The van der Waals surface area contributed by atoms with Crippen molar-refractivity contribution in [2.75, 3.05) is 46.3 Å². The zero-order chi connectivity index (χ0) is 23.5. The van der Waals surface area contributed by atoms with Gasteiger partial charge in [0, 0.05) is 29.9 Å². The number of aliphatic hydroxyl groups is 1. The SMILES string of the molecule is COc1cc(-n2cnc(NC3=CC(N4CCC[C@H]4CO)=NC3)c2)c(C(C)C)c(OC)c1OC. The number of likely N-dealkylation sites (tertiary alicyclic amines) is 1. The zero-order valence-electron chi connectivity index (χ0n) is 20.0. The number of imidazole rings is 1. The van der Waals surface area contributed by atoms with Crippen molar-refractivity contribution in [3.8, 4) is 22.9 Å². The quantitative estimate of drug-likeness (QED) is 0.631. The molecule has 0 unspecified atom stereocenters. The molecule has 0 saturated carbocycles. The van der Waals surface area contributed by atoms with E-state index in [1.807, 2.05) is 22.9 Å². The van der Waals surface area contributed by atoms with Crippen LogP contribution in [0.2, 0.25) is 0 Å². The van der Waals surface area contributed by atoms with Crippen LogP contribution in [-0.4, -0.2) is 72.5 Å². The Morgan fingerprint density at radius 1 is 1.18 bits per heavy atom. The van der Waals surface area contributed by atoms with Gasteiger partial charge in [0.15, 0.2) is 11.5 Å². The fraction of sp³-hybridized carbons (Fsp3) is 0.500. The molecular formula is C24H33N5O4. The average Bonchev–Trinajstić information content (AvgIpc) is 3.58. The molecular weight excluding hydrogens is 422 g/mol. The minimum atomic E-state index is 0.160. The van der Waals surface area contributed by atoms with Crippen LogP contribution in [0.1, 0.15) is 38.2 Å². The second kappa shape index (κ2) is 9.74. The number of aromatic nitrogens is 2. The van der Waals surface area contributed by atoms with E-state index in [0.29, 0.717) is 23.8 Å². The van der Waals surface area contributed by atoms with Crippen molar-refractivity contribution >= 4 is 11.7 Å². The third-order valence-corrected chi connectivity index (χ3v) is 6.17. The number of nitrogens with zero attached hydrogens (tertiary/aromatic N) is 4. The maximum absolute atomic E-state index is 9.61. The maximum atomic E-state index is 9.61. The largest absolute Gasteiger partial charge is 0.493 e. The van der Waals surface area contributed by atoms with Gasteiger partial charge in [-0.3, -0.25) is 4.99 Å². The van der Waals surface area contributed by atoms with E-state index < -0.39 is 0 Å². The number of aliphatic imine (C=N–C) groups is 1. The molecule has 2 aromatic rings. The summed E-state index contributed by atoms with van der Waals surface area (Å²) in [6.45, 7) is 5.89. The summed E-state index contributed by atoms with van der Waals surface area (Å²) in [7, 11) is 4.86. The highest BCUT2D eigenvalue weighted by Gasteiger charge is 2.28. The molecule has 2 aliphatic rings. The monoisotopic (exact) mass is 455 g/mol. The van der Waals surface area contributed by atoms with E-state index in [1.165, 1.54) is 0 Å². The summed E-state index contributed by atoms with van der Waals surface area (Å²) in [4.78, 5) is 11.4. The van der Waals surface area contributed by atoms with Crippen molar-refractivity contribution in [2.45, 2.75) is 38.6 Å². The van der Waals surface area contributed by atoms with E-state index >= 15 is 0 Å². The zero-order valence-corrected chi connectivity index (χ0v) is 20.0. The van der Waals surface area contributed by atoms with Crippen LogP contribution >= 0.6 is 0 Å². The van der Waals surface area contributed by atoms with Crippen LogP contribution in [0.5, 0.6) is 17.2 Å². The van der Waals surface area contributed by atoms with Gasteiger partial charge in [-0.05, 0) is 18.8 Å². The number of nitrogens with one attached hydrogen (secondary N) is 1. The first-order valence-corrected chi connectivity index (χ1v) is 11.3. The molecule has 0 amide bonds. The Bertz CT molecular complexity index is 1060. The number of aliphatic hydroxyl groups excluding tert-OH is 1. The fourth-order valence-electron chi connectivity index (χ4n) is 4.61. The van der Waals surface area contributed by atoms with Crippen LogP contribution in [0.25, 0.3) is 5.69 Å². The number of benzene rings is 1. The van der Waals surface area contributed by atoms with Gasteiger partial charge in [0.05, 0.1) is 52.4 Å². The van der Waals surface area contributed by atoms with Gasteiger partial charge in [-0.2, -0.15) is 0 Å². The molecule has 0 radical (unpaired) electrons. The predicted octanol–water partition coefficient (Wildman–Crippen LogP) is 3.19. The van der Waals surface area contributed by atoms with Crippen LogP contribution in [-0.2, 0) is 0 Å². The summed E-state index contributed by atoms with van der Waals surface area (Å²) in [5.74, 6) is 3.67. The summed E-state index contributed by atoms with van der Waals surface area (Å²) in [6, 6.07) is 2.11. The number of methoxy groups -OCH3 is 3. The second-order valence-corrected chi connectivity index (χ2v) is 8.54. The molecule has 3 heterocycles. The summed E-state index contributed by atoms with van der Waals surface area (Å²) >= 11 is 0. The molecule has 2 aliphatic heterocycles. The number of amidine groups is 1. The molecule has 1 atom stereocenters. The van der Waals surface area contributed by atoms with Gasteiger partial charge in [0.1, 0.15) is 18.0 Å². The number of ether oxygens (including phenoxy) is 3. The van der Waals surface area contributed by atoms with E-state index in [9.17, 15) is 5.11 Å². The van der Waals surface area contributed by atoms with Gasteiger partial charge < -0.3 is 34.1 Å². The normalized spacial score (nSPS) is 17.9. The highest BCUT2D eigenvalue weighted by atomic mass is 16.5. The van der Waals surface area contributed by atoms with Crippen LogP contribution in [0, 0.1) is 0 Å². The lowest BCUT2D eigenvalue weighted by molar-refractivity contribution is 0.209. The Balaban J connectivity index is 1.60. The molecule has 9 nitrogen and oxygen atoms in total. The topological polar surface area (TPSA) is 93.4 Å². The van der Waals surface area contributed by atoms with Gasteiger partial charge in [0.25, 0.3) is 0 Å². The third-order valence-electron chi connectivity index (χ3n) is 6.17. The summed E-state index contributed by atoms with van der Waals surface area (Å²) in [5.41, 5.74) is 2.90. The molecule has 1 fully saturated rings. The Morgan fingerprint density at radius 3 is 2.64 bits per heavy atom. The van der Waals surface area contributed by atoms with Gasteiger partial charge in [0.2, 0.25) is 5.75 Å². The number of anilines is 1. The standard InChI is InChI=1S/C24H33N5O4/c1-15(2)22-18(10-19(31-3)23(32-4)24(22)33-5)28-12-20(26-14-28)27-16-9-21(25-11-16)29-8-6-7-17(29)13-30/h9-10,12,14-15,17,27,30H,6-8,11,13H2,1-5H3/t17-/m0/s1. The molecule has 1 aromatic carbocycles. The van der Waals surface area contributed by atoms with E-state index in [0.717, 1.165) is 48.0 Å². The summed E-state index contributed by atoms with van der Waals surface area (Å²) < 4.78 is 18.8. The Labute approximate surface area is 194 Å². The molecule has 0 bridgehead atoms. The van der Waals surface area contributed by atoms with Crippen molar-refractivity contribution in [2.24, 2.45) is 4.99 Å². The number of hydrogen-bond acceptors (Lipinski definition) is 8. The highest BCUT2D eigenvalue weighted by Crippen LogP contribution is 2.46. The molecule has 0 aliphatic carbocycles. The van der Waals surface area contributed by atoms with E-state index in [4.69, 9.17) is 14.2 Å². The van der Waals surface area contributed by atoms with Gasteiger partial charge in [-0.15, -0.1) is 0 Å². The number of hydrogen-bond donors (Lipinski definition) is 2. The van der Waals surface area contributed by atoms with E-state index in [-0.39, 0.29) is 18.6 Å². The average molecular weight is 456 g/mol. The lowest BCUT2D eigenvalue weighted by Crippen LogP contribution is -2.36. The lowest BCUT2D eigenvalue weighted by Gasteiger charge is -2.23. The Morgan fingerprint density at radius 2 is 1.97 bits per heavy atom. The number of rotatable bonds is 8. The van der Waals surface area contributed by atoms with Crippen molar-refractivity contribution in [1.29, 1.82) is 0 Å². The second-order valence-electron chi connectivity index (χ2n) is 8.54. The van der Waals surface area contributed by atoms with Crippen LogP contribution in [0.15, 0.2) is 35.4 Å². The van der Waals surface area contributed by atoms with Crippen molar-refractivity contribution in [3.05, 3.63) is 35.9 Å². The Kier molecular flexibility index (Phi) is 6.78. The third kappa shape index (κ3) is 4.37. The fourth-order valence-corrected chi connectivity index (χ4v) is 4.61. The Hall–Kier alpha value is -3.20. The maximum Gasteiger partial charge on any atom is 0.203 e. The molecule has 33 heavy (non-hydrogen) atoms. The first-order chi connectivity index (χ1) is 16.0. The molecule has 4 rings (SSSR count). The minimum absolute atomic E-state index is 0.160. The van der Waals surface area contributed by atoms with E-state index in [1.54, 1.807) is 27.7 Å². The lowest BCUT2D eigenvalue weighted by atomic mass is 9.98. The smallest absolute Gasteiger partial charge is 0.203 e. The first-order valence-electron chi connectivity index (χ1n) is 11.3. The first kappa shape index (κ1) is 23.0. The molecule has 178 valence electrons. The van der Waals surface area contributed by atoms with Crippen LogP contribution in [0.3, 0.4) is 0 Å². The molecule has 0 spiro atoms. The van der Waals surface area contributed by atoms with Crippen molar-refractivity contribution < 1.29 is 19.3 Å². The van der Waals surface area contributed by atoms with Crippen LogP contribution < -0.4 is 19.5 Å². The predicted molar refractivity (Wildman–Crippen MR) is 128 cm³/mol. The van der Waals surface area contributed by atoms with Gasteiger partial charge >= 0.3 is 0 Å². The van der Waals surface area contributed by atoms with Crippen LogP contribution in [0.4, 0.5) is 5.82 Å².